The Labute approximate surface area is 151 Å². The molecule has 0 spiro atoms. The van der Waals surface area contributed by atoms with Gasteiger partial charge in [-0.05, 0) is 67.2 Å². The third kappa shape index (κ3) is 3.64. The second-order valence-electron chi connectivity index (χ2n) is 5.33. The lowest BCUT2D eigenvalue weighted by Crippen LogP contribution is -2.30. The normalized spacial score (nSPS) is 15.4. The molecule has 1 aliphatic heterocycles. The van der Waals surface area contributed by atoms with Gasteiger partial charge in [-0.3, -0.25) is 9.69 Å². The highest BCUT2D eigenvalue weighted by Gasteiger charge is 2.31. The Morgan fingerprint density at radius 3 is 2.32 bits per heavy atom. The number of nitrogens with one attached hydrogen (secondary N) is 1. The van der Waals surface area contributed by atoms with E-state index in [2.05, 4.69) is 5.32 Å². The van der Waals surface area contributed by atoms with Crippen molar-refractivity contribution in [2.75, 3.05) is 18.6 Å². The lowest BCUT2D eigenvalue weighted by atomic mass is 10.2. The van der Waals surface area contributed by atoms with Crippen LogP contribution in [0.15, 0.2) is 54.2 Å². The monoisotopic (exact) mass is 354 g/mol. The highest BCUT2D eigenvalue weighted by atomic mass is 32.1. The van der Waals surface area contributed by atoms with Crippen molar-refractivity contribution in [2.24, 2.45) is 0 Å². The maximum atomic E-state index is 12.7. The minimum absolute atomic E-state index is 0.190. The van der Waals surface area contributed by atoms with E-state index in [9.17, 15) is 4.79 Å². The molecule has 5 nitrogen and oxygen atoms in total. The molecule has 1 heterocycles. The molecule has 0 bridgehead atoms. The molecule has 128 valence electrons. The number of thiocarbonyl (C=S) groups is 1. The van der Waals surface area contributed by atoms with Crippen molar-refractivity contribution in [3.63, 3.8) is 0 Å². The number of rotatable bonds is 5. The zero-order valence-corrected chi connectivity index (χ0v) is 14.8. The molecule has 2 aromatic rings. The zero-order valence-electron chi connectivity index (χ0n) is 14.0. The van der Waals surface area contributed by atoms with Gasteiger partial charge < -0.3 is 14.8 Å². The van der Waals surface area contributed by atoms with Crippen molar-refractivity contribution < 1.29 is 14.3 Å². The number of hydrogen-bond donors (Lipinski definition) is 1. The van der Waals surface area contributed by atoms with Crippen LogP contribution >= 0.6 is 12.2 Å². The van der Waals surface area contributed by atoms with E-state index in [1.165, 1.54) is 4.90 Å². The summed E-state index contributed by atoms with van der Waals surface area (Å²) in [4.78, 5) is 14.2. The van der Waals surface area contributed by atoms with Crippen LogP contribution in [0.5, 0.6) is 11.5 Å². The fourth-order valence-corrected chi connectivity index (χ4v) is 2.79. The van der Waals surface area contributed by atoms with E-state index < -0.39 is 0 Å². The minimum Gasteiger partial charge on any atom is -0.497 e. The molecule has 0 saturated carbocycles. The Kier molecular flexibility index (Phi) is 5.00. The van der Waals surface area contributed by atoms with Crippen LogP contribution in [0.3, 0.4) is 0 Å². The third-order valence-corrected chi connectivity index (χ3v) is 4.00. The molecular formula is C19H18N2O3S. The summed E-state index contributed by atoms with van der Waals surface area (Å²) in [5.74, 6) is 1.33. The SMILES string of the molecule is CCOc1ccc(N2C(=O)/C(=C/c3ccc(OC)cc3)NC2=S)cc1. The van der Waals surface area contributed by atoms with Crippen LogP contribution in [0.1, 0.15) is 12.5 Å². The van der Waals surface area contributed by atoms with E-state index in [1.54, 1.807) is 13.2 Å². The Balaban J connectivity index is 1.82. The summed E-state index contributed by atoms with van der Waals surface area (Å²) in [6, 6.07) is 14.7. The molecule has 1 saturated heterocycles. The molecule has 0 atom stereocenters. The van der Waals surface area contributed by atoms with Gasteiger partial charge in [-0.25, -0.2) is 0 Å². The lowest BCUT2D eigenvalue weighted by Gasteiger charge is -2.14. The van der Waals surface area contributed by atoms with Crippen molar-refractivity contribution in [1.29, 1.82) is 0 Å². The van der Waals surface area contributed by atoms with Gasteiger partial charge in [0.25, 0.3) is 5.91 Å². The standard InChI is InChI=1S/C19H18N2O3S/c1-3-24-16-10-6-14(7-11-16)21-18(22)17(20-19(21)25)12-13-4-8-15(23-2)9-5-13/h4-12H,3H2,1-2H3,(H,20,25)/b17-12-. The maximum Gasteiger partial charge on any atom is 0.281 e. The first-order chi connectivity index (χ1) is 12.1. The number of carbonyl (C=O) groups is 1. The average Bonchev–Trinajstić information content (AvgIpc) is 2.90. The first-order valence-corrected chi connectivity index (χ1v) is 8.27. The lowest BCUT2D eigenvalue weighted by molar-refractivity contribution is -0.113. The number of amides is 1. The van der Waals surface area contributed by atoms with E-state index in [0.717, 1.165) is 17.1 Å². The van der Waals surface area contributed by atoms with Crippen LogP contribution in [-0.2, 0) is 4.79 Å². The van der Waals surface area contributed by atoms with Crippen LogP contribution in [0.25, 0.3) is 6.08 Å². The fourth-order valence-electron chi connectivity index (χ4n) is 2.49. The molecule has 0 radical (unpaired) electrons. The van der Waals surface area contributed by atoms with Gasteiger partial charge in [0.2, 0.25) is 0 Å². The Morgan fingerprint density at radius 1 is 1.08 bits per heavy atom. The highest BCUT2D eigenvalue weighted by molar-refractivity contribution is 7.80. The molecule has 3 rings (SSSR count). The number of carbonyl (C=O) groups excluding carboxylic acids is 1. The molecule has 0 unspecified atom stereocenters. The van der Waals surface area contributed by atoms with Gasteiger partial charge in [0, 0.05) is 0 Å². The van der Waals surface area contributed by atoms with Gasteiger partial charge >= 0.3 is 0 Å². The van der Waals surface area contributed by atoms with Gasteiger partial charge in [-0.1, -0.05) is 12.1 Å². The first kappa shape index (κ1) is 17.0. The van der Waals surface area contributed by atoms with Crippen LogP contribution < -0.4 is 19.7 Å². The average molecular weight is 354 g/mol. The molecule has 1 aliphatic rings. The Hall–Kier alpha value is -2.86. The molecule has 0 aliphatic carbocycles. The van der Waals surface area contributed by atoms with Crippen LogP contribution in [0, 0.1) is 0 Å². The van der Waals surface area contributed by atoms with Gasteiger partial charge in [0.15, 0.2) is 5.11 Å². The summed E-state index contributed by atoms with van der Waals surface area (Å²) in [5.41, 5.74) is 2.01. The summed E-state index contributed by atoms with van der Waals surface area (Å²) in [6.07, 6.45) is 1.77. The maximum absolute atomic E-state index is 12.7. The number of anilines is 1. The van der Waals surface area contributed by atoms with E-state index in [4.69, 9.17) is 21.7 Å². The second kappa shape index (κ2) is 7.36. The molecule has 6 heteroatoms. The third-order valence-electron chi connectivity index (χ3n) is 3.71. The van der Waals surface area contributed by atoms with E-state index in [-0.39, 0.29) is 5.91 Å². The van der Waals surface area contributed by atoms with Crippen LogP contribution in [0.4, 0.5) is 5.69 Å². The number of ether oxygens (including phenoxy) is 2. The fraction of sp³-hybridized carbons (Fsp3) is 0.158. The van der Waals surface area contributed by atoms with E-state index in [1.807, 2.05) is 55.5 Å². The number of nitrogens with zero attached hydrogens (tertiary/aromatic N) is 1. The number of hydrogen-bond acceptors (Lipinski definition) is 4. The summed E-state index contributed by atoms with van der Waals surface area (Å²) in [7, 11) is 1.61. The summed E-state index contributed by atoms with van der Waals surface area (Å²) < 4.78 is 10.6. The molecule has 1 amide bonds. The molecule has 1 fully saturated rings. The van der Waals surface area contributed by atoms with Crippen molar-refractivity contribution in [2.45, 2.75) is 6.92 Å². The summed E-state index contributed by atoms with van der Waals surface area (Å²) in [5, 5.41) is 3.33. The predicted octanol–water partition coefficient (Wildman–Crippen LogP) is 3.36. The van der Waals surface area contributed by atoms with E-state index in [0.29, 0.717) is 23.1 Å². The van der Waals surface area contributed by atoms with Crippen LogP contribution in [-0.4, -0.2) is 24.7 Å². The summed E-state index contributed by atoms with van der Waals surface area (Å²) in [6.45, 7) is 2.52. The van der Waals surface area contributed by atoms with E-state index >= 15 is 0 Å². The molecule has 25 heavy (non-hydrogen) atoms. The van der Waals surface area contributed by atoms with Crippen molar-refractivity contribution in [1.82, 2.24) is 5.32 Å². The molecular weight excluding hydrogens is 336 g/mol. The zero-order chi connectivity index (χ0) is 17.8. The number of benzene rings is 2. The Morgan fingerprint density at radius 2 is 1.72 bits per heavy atom. The number of methoxy groups -OCH3 is 1. The minimum atomic E-state index is -0.190. The van der Waals surface area contributed by atoms with Gasteiger partial charge in [-0.15, -0.1) is 0 Å². The van der Waals surface area contributed by atoms with Gasteiger partial charge in [-0.2, -0.15) is 0 Å². The van der Waals surface area contributed by atoms with Crippen molar-refractivity contribution >= 4 is 35.0 Å². The largest absolute Gasteiger partial charge is 0.497 e. The first-order valence-electron chi connectivity index (χ1n) is 7.86. The van der Waals surface area contributed by atoms with Gasteiger partial charge in [0.05, 0.1) is 19.4 Å². The highest BCUT2D eigenvalue weighted by Crippen LogP contribution is 2.25. The second-order valence-corrected chi connectivity index (χ2v) is 5.72. The smallest absolute Gasteiger partial charge is 0.281 e. The molecule has 1 N–H and O–H groups in total. The molecule has 2 aromatic carbocycles. The van der Waals surface area contributed by atoms with Crippen molar-refractivity contribution in [3.8, 4) is 11.5 Å². The molecule has 0 aromatic heterocycles. The quantitative estimate of drug-likeness (QED) is 0.659. The predicted molar refractivity (Wildman–Crippen MR) is 102 cm³/mol. The Bertz CT molecular complexity index is 814. The van der Waals surface area contributed by atoms with Crippen molar-refractivity contribution in [3.05, 3.63) is 59.8 Å². The summed E-state index contributed by atoms with van der Waals surface area (Å²) >= 11 is 5.32. The van der Waals surface area contributed by atoms with Gasteiger partial charge in [0.1, 0.15) is 17.2 Å². The topological polar surface area (TPSA) is 50.8 Å². The van der Waals surface area contributed by atoms with Crippen LogP contribution in [0.2, 0.25) is 0 Å².